The molecule has 3 nitrogen and oxygen atoms in total. The van der Waals surface area contributed by atoms with Crippen molar-refractivity contribution in [3.63, 3.8) is 0 Å². The smallest absolute Gasteiger partial charge is 0.224 e. The van der Waals surface area contributed by atoms with Gasteiger partial charge in [-0.05, 0) is 23.2 Å². The molecule has 0 saturated carbocycles. The first-order valence-corrected chi connectivity index (χ1v) is 6.24. The molecule has 1 N–H and O–H groups in total. The van der Waals surface area contributed by atoms with E-state index in [1.54, 1.807) is 6.20 Å². The zero-order chi connectivity index (χ0) is 13.0. The number of aromatic nitrogens is 2. The molecule has 4 heteroatoms. The summed E-state index contributed by atoms with van der Waals surface area (Å²) in [5.74, 6) is 0.749. The standard InChI is InChI=1S/C14H16ClN3/c1-14(2,11-6-4-3-5-7-11)10-17-12-8-9-16-13(15)18-12/h3-9H,10H2,1-2H3,(H,16,17,18). The van der Waals surface area contributed by atoms with Crippen LogP contribution in [0.3, 0.4) is 0 Å². The van der Waals surface area contributed by atoms with Gasteiger partial charge in [-0.1, -0.05) is 44.2 Å². The van der Waals surface area contributed by atoms with E-state index in [1.807, 2.05) is 12.1 Å². The van der Waals surface area contributed by atoms with Crippen molar-refractivity contribution in [2.75, 3.05) is 11.9 Å². The summed E-state index contributed by atoms with van der Waals surface area (Å²) in [6, 6.07) is 12.2. The predicted molar refractivity (Wildman–Crippen MR) is 75.0 cm³/mol. The summed E-state index contributed by atoms with van der Waals surface area (Å²) >= 11 is 5.75. The van der Waals surface area contributed by atoms with E-state index in [-0.39, 0.29) is 10.7 Å². The normalized spacial score (nSPS) is 11.3. The number of hydrogen-bond donors (Lipinski definition) is 1. The summed E-state index contributed by atoms with van der Waals surface area (Å²) in [6.07, 6.45) is 1.65. The summed E-state index contributed by atoms with van der Waals surface area (Å²) < 4.78 is 0. The largest absolute Gasteiger partial charge is 0.369 e. The van der Waals surface area contributed by atoms with Crippen LogP contribution < -0.4 is 5.32 Å². The second-order valence-electron chi connectivity index (χ2n) is 4.81. The van der Waals surface area contributed by atoms with Gasteiger partial charge in [0, 0.05) is 18.2 Å². The van der Waals surface area contributed by atoms with Gasteiger partial charge in [-0.25, -0.2) is 9.97 Å². The molecule has 1 aromatic carbocycles. The van der Waals surface area contributed by atoms with Crippen molar-refractivity contribution in [1.29, 1.82) is 0 Å². The zero-order valence-electron chi connectivity index (χ0n) is 10.5. The summed E-state index contributed by atoms with van der Waals surface area (Å²) in [7, 11) is 0. The van der Waals surface area contributed by atoms with Crippen LogP contribution in [0.4, 0.5) is 5.82 Å². The molecule has 18 heavy (non-hydrogen) atoms. The van der Waals surface area contributed by atoms with E-state index in [4.69, 9.17) is 11.6 Å². The van der Waals surface area contributed by atoms with Crippen molar-refractivity contribution in [3.8, 4) is 0 Å². The Kier molecular flexibility index (Phi) is 3.82. The van der Waals surface area contributed by atoms with Crippen LogP contribution in [0, 0.1) is 0 Å². The minimum atomic E-state index is 0.0265. The van der Waals surface area contributed by atoms with Crippen LogP contribution in [0.1, 0.15) is 19.4 Å². The quantitative estimate of drug-likeness (QED) is 0.856. The first kappa shape index (κ1) is 12.8. The molecule has 0 aliphatic heterocycles. The predicted octanol–water partition coefficient (Wildman–Crippen LogP) is 3.52. The van der Waals surface area contributed by atoms with Crippen LogP contribution >= 0.6 is 11.6 Å². The Bertz CT molecular complexity index is 511. The molecular formula is C14H16ClN3. The van der Waals surface area contributed by atoms with Crippen molar-refractivity contribution in [2.45, 2.75) is 19.3 Å². The fourth-order valence-electron chi connectivity index (χ4n) is 1.74. The molecule has 0 fully saturated rings. The molecule has 0 spiro atoms. The molecule has 0 aliphatic rings. The Labute approximate surface area is 112 Å². The summed E-state index contributed by atoms with van der Waals surface area (Å²) in [5, 5.41) is 3.55. The molecular weight excluding hydrogens is 246 g/mol. The van der Waals surface area contributed by atoms with Gasteiger partial charge in [0.2, 0.25) is 5.28 Å². The van der Waals surface area contributed by atoms with E-state index in [0.717, 1.165) is 12.4 Å². The molecule has 2 aromatic rings. The minimum absolute atomic E-state index is 0.0265. The SMILES string of the molecule is CC(C)(CNc1ccnc(Cl)n1)c1ccccc1. The third kappa shape index (κ3) is 3.20. The molecule has 0 aliphatic carbocycles. The van der Waals surface area contributed by atoms with Gasteiger partial charge in [0.05, 0.1) is 0 Å². The monoisotopic (exact) mass is 261 g/mol. The van der Waals surface area contributed by atoms with E-state index in [2.05, 4.69) is 53.4 Å². The van der Waals surface area contributed by atoms with Gasteiger partial charge in [-0.2, -0.15) is 0 Å². The third-order valence-corrected chi connectivity index (χ3v) is 3.07. The van der Waals surface area contributed by atoms with E-state index in [0.29, 0.717) is 0 Å². The van der Waals surface area contributed by atoms with E-state index >= 15 is 0 Å². The van der Waals surface area contributed by atoms with E-state index in [9.17, 15) is 0 Å². The fourth-order valence-corrected chi connectivity index (χ4v) is 1.88. The number of halogens is 1. The van der Waals surface area contributed by atoms with Gasteiger partial charge in [0.15, 0.2) is 0 Å². The van der Waals surface area contributed by atoms with Gasteiger partial charge in [0.1, 0.15) is 5.82 Å². The van der Waals surface area contributed by atoms with Crippen molar-refractivity contribution in [3.05, 3.63) is 53.4 Å². The van der Waals surface area contributed by atoms with Crippen LogP contribution in [-0.4, -0.2) is 16.5 Å². The third-order valence-electron chi connectivity index (χ3n) is 2.89. The molecule has 0 amide bonds. The van der Waals surface area contributed by atoms with Crippen LogP contribution in [-0.2, 0) is 5.41 Å². The molecule has 0 atom stereocenters. The van der Waals surface area contributed by atoms with Gasteiger partial charge >= 0.3 is 0 Å². The number of anilines is 1. The minimum Gasteiger partial charge on any atom is -0.369 e. The van der Waals surface area contributed by atoms with Gasteiger partial charge < -0.3 is 5.32 Å². The van der Waals surface area contributed by atoms with Crippen molar-refractivity contribution in [2.24, 2.45) is 0 Å². The molecule has 1 heterocycles. The summed E-state index contributed by atoms with van der Waals surface area (Å²) in [4.78, 5) is 7.97. The average molecular weight is 262 g/mol. The highest BCUT2D eigenvalue weighted by atomic mass is 35.5. The number of benzene rings is 1. The molecule has 1 aromatic heterocycles. The highest BCUT2D eigenvalue weighted by molar-refractivity contribution is 6.28. The zero-order valence-corrected chi connectivity index (χ0v) is 11.3. The summed E-state index contributed by atoms with van der Waals surface area (Å²) in [5.41, 5.74) is 1.32. The van der Waals surface area contributed by atoms with Crippen LogP contribution in [0.25, 0.3) is 0 Å². The average Bonchev–Trinajstić information content (AvgIpc) is 2.38. The highest BCUT2D eigenvalue weighted by Crippen LogP contribution is 2.23. The molecule has 0 unspecified atom stereocenters. The Balaban J connectivity index is 2.05. The van der Waals surface area contributed by atoms with Crippen molar-refractivity contribution >= 4 is 17.4 Å². The second kappa shape index (κ2) is 5.36. The van der Waals surface area contributed by atoms with Gasteiger partial charge in [-0.15, -0.1) is 0 Å². The Hall–Kier alpha value is -1.61. The lowest BCUT2D eigenvalue weighted by atomic mass is 9.85. The maximum absolute atomic E-state index is 5.75. The van der Waals surface area contributed by atoms with Gasteiger partial charge in [-0.3, -0.25) is 0 Å². The number of hydrogen-bond acceptors (Lipinski definition) is 3. The molecule has 0 radical (unpaired) electrons. The Morgan fingerprint density at radius 1 is 1.17 bits per heavy atom. The van der Waals surface area contributed by atoms with E-state index in [1.165, 1.54) is 5.56 Å². The first-order chi connectivity index (χ1) is 8.58. The molecule has 94 valence electrons. The Morgan fingerprint density at radius 3 is 2.56 bits per heavy atom. The van der Waals surface area contributed by atoms with Gasteiger partial charge in [0.25, 0.3) is 0 Å². The molecule has 0 saturated heterocycles. The lowest BCUT2D eigenvalue weighted by Crippen LogP contribution is -2.27. The van der Waals surface area contributed by atoms with Crippen LogP contribution in [0.15, 0.2) is 42.6 Å². The second-order valence-corrected chi connectivity index (χ2v) is 5.15. The lowest BCUT2D eigenvalue weighted by molar-refractivity contribution is 0.556. The van der Waals surface area contributed by atoms with Crippen molar-refractivity contribution in [1.82, 2.24) is 9.97 Å². The number of nitrogens with one attached hydrogen (secondary N) is 1. The fraction of sp³-hybridized carbons (Fsp3) is 0.286. The molecule has 0 bridgehead atoms. The highest BCUT2D eigenvalue weighted by Gasteiger charge is 2.20. The maximum Gasteiger partial charge on any atom is 0.224 e. The number of rotatable bonds is 4. The maximum atomic E-state index is 5.75. The van der Waals surface area contributed by atoms with Crippen LogP contribution in [0.5, 0.6) is 0 Å². The summed E-state index contributed by atoms with van der Waals surface area (Å²) in [6.45, 7) is 5.17. The topological polar surface area (TPSA) is 37.8 Å². The van der Waals surface area contributed by atoms with Crippen molar-refractivity contribution < 1.29 is 0 Å². The Morgan fingerprint density at radius 2 is 1.89 bits per heavy atom. The molecule has 2 rings (SSSR count). The van der Waals surface area contributed by atoms with E-state index < -0.39 is 0 Å². The number of nitrogens with zero attached hydrogens (tertiary/aromatic N) is 2. The first-order valence-electron chi connectivity index (χ1n) is 5.86. The van der Waals surface area contributed by atoms with Crippen LogP contribution in [0.2, 0.25) is 5.28 Å². The lowest BCUT2D eigenvalue weighted by Gasteiger charge is -2.25.